The molecule has 2 rings (SSSR count). The number of benzene rings is 2. The monoisotopic (exact) mass is 301 g/mol. The van der Waals surface area contributed by atoms with Gasteiger partial charge in [0.2, 0.25) is 5.91 Å². The lowest BCUT2D eigenvalue weighted by molar-refractivity contribution is -0.113. The van der Waals surface area contributed by atoms with E-state index in [2.05, 4.69) is 19.2 Å². The summed E-state index contributed by atoms with van der Waals surface area (Å²) in [5.74, 6) is 0.845. The highest BCUT2D eigenvalue weighted by molar-refractivity contribution is 8.00. The number of nitrogens with one attached hydrogen (secondary N) is 1. The Bertz CT molecular complexity index is 626. The summed E-state index contributed by atoms with van der Waals surface area (Å²) >= 11 is 1.40. The van der Waals surface area contributed by atoms with E-state index in [1.165, 1.54) is 11.8 Å². The minimum Gasteiger partial charge on any atom is -0.508 e. The van der Waals surface area contributed by atoms with E-state index in [1.54, 1.807) is 18.2 Å². The molecule has 0 atom stereocenters. The number of carbonyl (C=O) groups is 1. The van der Waals surface area contributed by atoms with Crippen LogP contribution in [-0.2, 0) is 4.79 Å². The standard InChI is InChI=1S/C17H19NO2S/c1-12(2)15-8-3-4-9-16(15)18-17(20)11-21-14-7-5-6-13(19)10-14/h3-10,12,19H,11H2,1-2H3,(H,18,20). The molecule has 0 spiro atoms. The third kappa shape index (κ3) is 4.53. The molecule has 0 aromatic heterocycles. The molecule has 2 N–H and O–H groups in total. The van der Waals surface area contributed by atoms with Crippen LogP contribution in [0.5, 0.6) is 5.75 Å². The van der Waals surface area contributed by atoms with E-state index in [0.29, 0.717) is 11.7 Å². The fourth-order valence-electron chi connectivity index (χ4n) is 2.02. The van der Waals surface area contributed by atoms with Crippen LogP contribution in [-0.4, -0.2) is 16.8 Å². The molecule has 0 heterocycles. The van der Waals surface area contributed by atoms with Crippen molar-refractivity contribution < 1.29 is 9.90 Å². The Labute approximate surface area is 129 Å². The van der Waals surface area contributed by atoms with Crippen LogP contribution in [0, 0.1) is 0 Å². The van der Waals surface area contributed by atoms with Gasteiger partial charge in [0.05, 0.1) is 5.75 Å². The smallest absolute Gasteiger partial charge is 0.234 e. The molecule has 110 valence electrons. The Kier molecular flexibility index (Phi) is 5.28. The van der Waals surface area contributed by atoms with Crippen molar-refractivity contribution in [1.29, 1.82) is 0 Å². The summed E-state index contributed by atoms with van der Waals surface area (Å²) in [6.07, 6.45) is 0. The van der Waals surface area contributed by atoms with Gasteiger partial charge in [0.25, 0.3) is 0 Å². The summed E-state index contributed by atoms with van der Waals surface area (Å²) in [4.78, 5) is 12.9. The highest BCUT2D eigenvalue weighted by Gasteiger charge is 2.09. The molecule has 2 aromatic rings. The topological polar surface area (TPSA) is 49.3 Å². The van der Waals surface area contributed by atoms with Crippen LogP contribution in [0.4, 0.5) is 5.69 Å². The average molecular weight is 301 g/mol. The van der Waals surface area contributed by atoms with Gasteiger partial charge in [-0.15, -0.1) is 11.8 Å². The van der Waals surface area contributed by atoms with Crippen molar-refractivity contribution in [2.24, 2.45) is 0 Å². The van der Waals surface area contributed by atoms with Gasteiger partial charge in [0, 0.05) is 10.6 Å². The Hall–Kier alpha value is -1.94. The molecule has 0 saturated carbocycles. The second-order valence-corrected chi connectivity index (χ2v) is 6.12. The molecule has 0 fully saturated rings. The van der Waals surface area contributed by atoms with Crippen molar-refractivity contribution in [3.05, 3.63) is 54.1 Å². The van der Waals surface area contributed by atoms with Gasteiger partial charge in [-0.3, -0.25) is 4.79 Å². The van der Waals surface area contributed by atoms with Crippen molar-refractivity contribution in [3.8, 4) is 5.75 Å². The van der Waals surface area contributed by atoms with Gasteiger partial charge in [0.15, 0.2) is 0 Å². The summed E-state index contributed by atoms with van der Waals surface area (Å²) in [6.45, 7) is 4.21. The predicted molar refractivity (Wildman–Crippen MR) is 88.0 cm³/mol. The zero-order chi connectivity index (χ0) is 15.2. The summed E-state index contributed by atoms with van der Waals surface area (Å²) in [5.41, 5.74) is 2.00. The first-order valence-corrected chi connectivity index (χ1v) is 7.85. The number of para-hydroxylation sites is 1. The number of phenolic OH excluding ortho intramolecular Hbond substituents is 1. The van der Waals surface area contributed by atoms with Crippen LogP contribution < -0.4 is 5.32 Å². The van der Waals surface area contributed by atoms with Crippen LogP contribution >= 0.6 is 11.8 Å². The van der Waals surface area contributed by atoms with Crippen LogP contribution in [0.3, 0.4) is 0 Å². The highest BCUT2D eigenvalue weighted by atomic mass is 32.2. The van der Waals surface area contributed by atoms with Crippen LogP contribution in [0.1, 0.15) is 25.3 Å². The quantitative estimate of drug-likeness (QED) is 0.812. The maximum Gasteiger partial charge on any atom is 0.234 e. The van der Waals surface area contributed by atoms with E-state index in [0.717, 1.165) is 16.1 Å². The first-order chi connectivity index (χ1) is 10.1. The molecule has 0 saturated heterocycles. The van der Waals surface area contributed by atoms with Crippen molar-refractivity contribution in [2.75, 3.05) is 11.1 Å². The van der Waals surface area contributed by atoms with Crippen LogP contribution in [0.15, 0.2) is 53.4 Å². The summed E-state index contributed by atoms with van der Waals surface area (Å²) in [5, 5.41) is 12.4. The minimum atomic E-state index is -0.0450. The minimum absolute atomic E-state index is 0.0450. The van der Waals surface area contributed by atoms with E-state index in [9.17, 15) is 9.90 Å². The number of rotatable bonds is 5. The second kappa shape index (κ2) is 7.18. The molecule has 1 amide bonds. The van der Waals surface area contributed by atoms with Gasteiger partial charge >= 0.3 is 0 Å². The molecule has 0 unspecified atom stereocenters. The summed E-state index contributed by atoms with van der Waals surface area (Å²) in [6, 6.07) is 14.8. The number of amides is 1. The Morgan fingerprint density at radius 2 is 1.95 bits per heavy atom. The fourth-order valence-corrected chi connectivity index (χ4v) is 2.77. The maximum absolute atomic E-state index is 12.1. The number of thioether (sulfide) groups is 1. The third-order valence-corrected chi connectivity index (χ3v) is 4.04. The largest absolute Gasteiger partial charge is 0.508 e. The van der Waals surface area contributed by atoms with Gasteiger partial charge in [0.1, 0.15) is 5.75 Å². The lowest BCUT2D eigenvalue weighted by Crippen LogP contribution is -2.15. The van der Waals surface area contributed by atoms with Crippen molar-refractivity contribution in [1.82, 2.24) is 0 Å². The number of hydrogen-bond acceptors (Lipinski definition) is 3. The van der Waals surface area contributed by atoms with Crippen molar-refractivity contribution in [2.45, 2.75) is 24.7 Å². The molecule has 0 aliphatic rings. The molecule has 3 nitrogen and oxygen atoms in total. The first kappa shape index (κ1) is 15.4. The van der Waals surface area contributed by atoms with Gasteiger partial charge in [-0.2, -0.15) is 0 Å². The Morgan fingerprint density at radius 3 is 2.67 bits per heavy atom. The number of aromatic hydroxyl groups is 1. The highest BCUT2D eigenvalue weighted by Crippen LogP contribution is 2.25. The molecule has 0 radical (unpaired) electrons. The van der Waals surface area contributed by atoms with Crippen molar-refractivity contribution >= 4 is 23.4 Å². The lowest BCUT2D eigenvalue weighted by Gasteiger charge is -2.13. The first-order valence-electron chi connectivity index (χ1n) is 6.87. The van der Waals surface area contributed by atoms with Crippen LogP contribution in [0.2, 0.25) is 0 Å². The molecule has 21 heavy (non-hydrogen) atoms. The molecule has 0 bridgehead atoms. The van der Waals surface area contributed by atoms with Crippen LogP contribution in [0.25, 0.3) is 0 Å². The molecule has 4 heteroatoms. The Balaban J connectivity index is 1.96. The van der Waals surface area contributed by atoms with E-state index in [1.807, 2.05) is 30.3 Å². The molecule has 2 aromatic carbocycles. The number of hydrogen-bond donors (Lipinski definition) is 2. The van der Waals surface area contributed by atoms with E-state index < -0.39 is 0 Å². The average Bonchev–Trinajstić information content (AvgIpc) is 2.45. The SMILES string of the molecule is CC(C)c1ccccc1NC(=O)CSc1cccc(O)c1. The van der Waals surface area contributed by atoms with E-state index in [-0.39, 0.29) is 11.7 Å². The summed E-state index contributed by atoms with van der Waals surface area (Å²) < 4.78 is 0. The predicted octanol–water partition coefficient (Wildman–Crippen LogP) is 4.25. The van der Waals surface area contributed by atoms with Gasteiger partial charge in [-0.05, 0) is 35.7 Å². The number of carbonyl (C=O) groups excluding carboxylic acids is 1. The molecule has 0 aliphatic carbocycles. The van der Waals surface area contributed by atoms with E-state index in [4.69, 9.17) is 0 Å². The lowest BCUT2D eigenvalue weighted by atomic mass is 10.0. The maximum atomic E-state index is 12.1. The van der Waals surface area contributed by atoms with Gasteiger partial charge < -0.3 is 10.4 Å². The number of anilines is 1. The fraction of sp³-hybridized carbons (Fsp3) is 0.235. The zero-order valence-corrected chi connectivity index (χ0v) is 13.0. The molecule has 0 aliphatic heterocycles. The van der Waals surface area contributed by atoms with E-state index >= 15 is 0 Å². The van der Waals surface area contributed by atoms with Gasteiger partial charge in [-0.25, -0.2) is 0 Å². The second-order valence-electron chi connectivity index (χ2n) is 5.08. The van der Waals surface area contributed by atoms with Crippen molar-refractivity contribution in [3.63, 3.8) is 0 Å². The van der Waals surface area contributed by atoms with Gasteiger partial charge in [-0.1, -0.05) is 38.1 Å². The molecular weight excluding hydrogens is 282 g/mol. The number of phenols is 1. The third-order valence-electron chi connectivity index (χ3n) is 3.04. The molecular formula is C17H19NO2S. The Morgan fingerprint density at radius 1 is 1.19 bits per heavy atom. The summed E-state index contributed by atoms with van der Waals surface area (Å²) in [7, 11) is 0. The normalized spacial score (nSPS) is 10.6. The zero-order valence-electron chi connectivity index (χ0n) is 12.2.